The van der Waals surface area contributed by atoms with Crippen molar-refractivity contribution in [3.8, 4) is 33.9 Å². The van der Waals surface area contributed by atoms with E-state index in [4.69, 9.17) is 14.7 Å². The highest BCUT2D eigenvalue weighted by Gasteiger charge is 2.21. The number of H-pyrrole nitrogens is 1. The molecule has 2 aliphatic rings. The second-order valence-corrected chi connectivity index (χ2v) is 10.5. The summed E-state index contributed by atoms with van der Waals surface area (Å²) in [6, 6.07) is 11.9. The van der Waals surface area contributed by atoms with Crippen molar-refractivity contribution in [2.75, 3.05) is 32.8 Å². The van der Waals surface area contributed by atoms with Gasteiger partial charge in [0.2, 0.25) is 0 Å². The first-order valence-corrected chi connectivity index (χ1v) is 13.9. The third-order valence-electron chi connectivity index (χ3n) is 7.72. The number of phenols is 1. The molecule has 0 bridgehead atoms. The van der Waals surface area contributed by atoms with Gasteiger partial charge in [-0.2, -0.15) is 0 Å². The van der Waals surface area contributed by atoms with Gasteiger partial charge < -0.3 is 14.8 Å². The molecule has 8 nitrogen and oxygen atoms in total. The maximum atomic E-state index is 14.1. The first-order valence-electron chi connectivity index (χ1n) is 13.9. The number of benzene rings is 1. The third-order valence-corrected chi connectivity index (χ3v) is 7.72. The number of aromatic hydroxyl groups is 1. The van der Waals surface area contributed by atoms with Crippen LogP contribution in [-0.4, -0.2) is 68.4 Å². The van der Waals surface area contributed by atoms with Crippen LogP contribution in [0.1, 0.15) is 29.8 Å². The van der Waals surface area contributed by atoms with Gasteiger partial charge in [0.1, 0.15) is 23.9 Å². The molecule has 206 valence electrons. The minimum Gasteiger partial charge on any atom is -0.508 e. The summed E-state index contributed by atoms with van der Waals surface area (Å²) in [5.41, 5.74) is 7.37. The molecule has 0 spiro atoms. The molecule has 41 heavy (non-hydrogen) atoms. The number of hydrogen-bond donors (Lipinski definition) is 2. The number of phenolic OH excluding ortho intramolecular Hbond substituents is 1. The molecule has 4 aromatic heterocycles. The average molecular weight is 549 g/mol. The molecular weight excluding hydrogens is 519 g/mol. The van der Waals surface area contributed by atoms with Gasteiger partial charge in [0.25, 0.3) is 0 Å². The predicted octanol–water partition coefficient (Wildman–Crippen LogP) is 5.40. The number of rotatable bonds is 7. The molecule has 0 aliphatic carbocycles. The van der Waals surface area contributed by atoms with E-state index in [0.717, 1.165) is 82.6 Å². The first-order chi connectivity index (χ1) is 20.1. The minimum absolute atomic E-state index is 0.144. The van der Waals surface area contributed by atoms with Gasteiger partial charge in [0.15, 0.2) is 0 Å². The lowest BCUT2D eigenvalue weighted by molar-refractivity contribution is 0.237. The zero-order valence-corrected chi connectivity index (χ0v) is 22.5. The highest BCUT2D eigenvalue weighted by atomic mass is 19.1. The van der Waals surface area contributed by atoms with Crippen molar-refractivity contribution in [2.24, 2.45) is 4.99 Å². The minimum atomic E-state index is -0.519. The number of aromatic nitrogens is 4. The normalized spacial score (nSPS) is 15.2. The molecule has 2 aliphatic heterocycles. The van der Waals surface area contributed by atoms with Crippen molar-refractivity contribution in [3.05, 3.63) is 90.0 Å². The Morgan fingerprint density at radius 1 is 0.951 bits per heavy atom. The van der Waals surface area contributed by atoms with Gasteiger partial charge in [0, 0.05) is 77.3 Å². The van der Waals surface area contributed by atoms with Crippen molar-refractivity contribution < 1.29 is 14.2 Å². The van der Waals surface area contributed by atoms with E-state index in [2.05, 4.69) is 25.9 Å². The fourth-order valence-electron chi connectivity index (χ4n) is 5.72. The van der Waals surface area contributed by atoms with E-state index in [1.807, 2.05) is 30.6 Å². The van der Waals surface area contributed by atoms with Gasteiger partial charge in [-0.05, 0) is 62.3 Å². The van der Waals surface area contributed by atoms with E-state index >= 15 is 0 Å². The highest BCUT2D eigenvalue weighted by molar-refractivity contribution is 6.16. The van der Waals surface area contributed by atoms with E-state index in [1.165, 1.54) is 25.0 Å². The van der Waals surface area contributed by atoms with Crippen LogP contribution in [0.15, 0.2) is 72.2 Å². The number of hydrogen-bond acceptors (Lipinski definition) is 7. The van der Waals surface area contributed by atoms with Crippen LogP contribution in [0, 0.1) is 5.82 Å². The SMILES string of the molecule is Oc1cc(F)cc(-c2nccc3[nH]c(C4=NCCc5ncc(-c6cncc(OCCN7CCCC7)c6)cc54)cc23)c1. The van der Waals surface area contributed by atoms with Gasteiger partial charge in [-0.3, -0.25) is 24.8 Å². The molecule has 0 atom stereocenters. The third kappa shape index (κ3) is 5.16. The zero-order chi connectivity index (χ0) is 27.8. The number of aromatic amines is 1. The monoisotopic (exact) mass is 548 g/mol. The van der Waals surface area contributed by atoms with Crippen LogP contribution in [0.5, 0.6) is 11.5 Å². The molecule has 9 heteroatoms. The van der Waals surface area contributed by atoms with E-state index in [0.29, 0.717) is 24.4 Å². The Morgan fingerprint density at radius 3 is 2.71 bits per heavy atom. The molecule has 2 N–H and O–H groups in total. The van der Waals surface area contributed by atoms with E-state index in [9.17, 15) is 9.50 Å². The standard InChI is InChI=1S/C32H29FN6O2/c33-23-11-20(12-24(40)15-23)31-27-16-30(38-29(27)4-6-35-31)32-26-14-22(18-37-28(26)3-5-36-32)21-13-25(19-34-17-21)41-10-9-39-7-1-2-8-39/h4,6,11-19,38,40H,1-3,5,7-10H2. The number of nitrogens with zero attached hydrogens (tertiary/aromatic N) is 5. The maximum Gasteiger partial charge on any atom is 0.138 e. The number of nitrogens with one attached hydrogen (secondary N) is 1. The smallest absolute Gasteiger partial charge is 0.138 e. The average Bonchev–Trinajstić information content (AvgIpc) is 3.66. The van der Waals surface area contributed by atoms with E-state index < -0.39 is 5.82 Å². The Kier molecular flexibility index (Phi) is 6.64. The quantitative estimate of drug-likeness (QED) is 0.283. The Bertz CT molecular complexity index is 1760. The number of likely N-dealkylation sites (tertiary alicyclic amines) is 1. The number of ether oxygens (including phenoxy) is 1. The van der Waals surface area contributed by atoms with Gasteiger partial charge in [-0.15, -0.1) is 0 Å². The van der Waals surface area contributed by atoms with Crippen molar-refractivity contribution in [1.82, 2.24) is 24.8 Å². The summed E-state index contributed by atoms with van der Waals surface area (Å²) in [4.78, 5) is 24.5. The Labute approximate surface area is 236 Å². The van der Waals surface area contributed by atoms with E-state index in [-0.39, 0.29) is 5.75 Å². The summed E-state index contributed by atoms with van der Waals surface area (Å²) in [5, 5.41) is 10.8. The Balaban J connectivity index is 1.19. The molecule has 0 unspecified atom stereocenters. The number of fused-ring (bicyclic) bond motifs is 2. The summed E-state index contributed by atoms with van der Waals surface area (Å²) >= 11 is 0. The second-order valence-electron chi connectivity index (χ2n) is 10.5. The van der Waals surface area contributed by atoms with E-state index in [1.54, 1.807) is 12.4 Å². The lowest BCUT2D eigenvalue weighted by atomic mass is 9.97. The lowest BCUT2D eigenvalue weighted by Gasteiger charge is -2.17. The lowest BCUT2D eigenvalue weighted by Crippen LogP contribution is -2.25. The second kappa shape index (κ2) is 10.7. The van der Waals surface area contributed by atoms with Crippen LogP contribution in [0.2, 0.25) is 0 Å². The topological polar surface area (TPSA) is 99.5 Å². The van der Waals surface area contributed by atoms with Crippen LogP contribution < -0.4 is 4.74 Å². The van der Waals surface area contributed by atoms with Crippen molar-refractivity contribution in [3.63, 3.8) is 0 Å². The molecule has 6 heterocycles. The maximum absolute atomic E-state index is 14.1. The molecule has 5 aromatic rings. The zero-order valence-electron chi connectivity index (χ0n) is 22.5. The van der Waals surface area contributed by atoms with Gasteiger partial charge in [-0.25, -0.2) is 4.39 Å². The van der Waals surface area contributed by atoms with Crippen LogP contribution in [0.3, 0.4) is 0 Å². The molecule has 7 rings (SSSR count). The van der Waals surface area contributed by atoms with Crippen molar-refractivity contribution >= 4 is 16.6 Å². The summed E-state index contributed by atoms with van der Waals surface area (Å²) in [6.45, 7) is 4.49. The Morgan fingerprint density at radius 2 is 1.83 bits per heavy atom. The van der Waals surface area contributed by atoms with Gasteiger partial charge in [0.05, 0.1) is 29.0 Å². The van der Waals surface area contributed by atoms with Gasteiger partial charge >= 0.3 is 0 Å². The molecule has 1 fully saturated rings. The summed E-state index contributed by atoms with van der Waals surface area (Å²) in [6.07, 6.45) is 10.4. The summed E-state index contributed by atoms with van der Waals surface area (Å²) in [5.74, 6) is 0.0796. The van der Waals surface area contributed by atoms with Crippen LogP contribution in [-0.2, 0) is 6.42 Å². The fraction of sp³-hybridized carbons (Fsp3) is 0.250. The Hall–Kier alpha value is -4.63. The van der Waals surface area contributed by atoms with Crippen LogP contribution >= 0.6 is 0 Å². The summed E-state index contributed by atoms with van der Waals surface area (Å²) < 4.78 is 20.1. The largest absolute Gasteiger partial charge is 0.508 e. The number of pyridine rings is 3. The molecule has 1 saturated heterocycles. The van der Waals surface area contributed by atoms with Crippen LogP contribution in [0.4, 0.5) is 4.39 Å². The molecule has 0 amide bonds. The molecule has 1 aromatic carbocycles. The first kappa shape index (κ1) is 25.3. The highest BCUT2D eigenvalue weighted by Crippen LogP contribution is 2.32. The molecular formula is C32H29FN6O2. The predicted molar refractivity (Wildman–Crippen MR) is 156 cm³/mol. The molecule has 0 saturated carbocycles. The number of aliphatic imine (C=N–C) groups is 1. The molecule has 0 radical (unpaired) electrons. The van der Waals surface area contributed by atoms with Gasteiger partial charge in [-0.1, -0.05) is 0 Å². The van der Waals surface area contributed by atoms with Crippen molar-refractivity contribution in [2.45, 2.75) is 19.3 Å². The number of halogens is 1. The fourth-order valence-corrected chi connectivity index (χ4v) is 5.72. The van der Waals surface area contributed by atoms with Crippen molar-refractivity contribution in [1.29, 1.82) is 0 Å². The summed E-state index contributed by atoms with van der Waals surface area (Å²) in [7, 11) is 0. The van der Waals surface area contributed by atoms with Crippen LogP contribution in [0.25, 0.3) is 33.3 Å².